The van der Waals surface area contributed by atoms with Crippen molar-refractivity contribution in [3.8, 4) is 0 Å². The highest BCUT2D eigenvalue weighted by Gasteiger charge is 2.15. The van der Waals surface area contributed by atoms with Crippen LogP contribution in [0.5, 0.6) is 0 Å². The number of fused-ring (bicyclic) bond motifs is 1. The Balaban J connectivity index is 2.08. The highest BCUT2D eigenvalue weighted by atomic mass is 14.9. The van der Waals surface area contributed by atoms with Crippen LogP contribution in [-0.2, 0) is 0 Å². The largest absolute Gasteiger partial charge is 0.308 e. The van der Waals surface area contributed by atoms with Crippen LogP contribution in [0.4, 0.5) is 0 Å². The maximum Gasteiger partial charge on any atom is 0.0890 e. The van der Waals surface area contributed by atoms with Gasteiger partial charge in [-0.25, -0.2) is 4.98 Å². The summed E-state index contributed by atoms with van der Waals surface area (Å²) < 4.78 is 0. The average Bonchev–Trinajstić information content (AvgIpc) is 2.47. The Hall–Kier alpha value is -2.26. The Morgan fingerprint density at radius 2 is 1.62 bits per heavy atom. The van der Waals surface area contributed by atoms with Gasteiger partial charge in [-0.05, 0) is 38.6 Å². The second-order valence-electron chi connectivity index (χ2n) is 5.43. The molecule has 2 aromatic carbocycles. The Morgan fingerprint density at radius 1 is 0.952 bits per heavy atom. The second kappa shape index (κ2) is 5.62. The lowest BCUT2D eigenvalue weighted by atomic mass is 9.99. The molecule has 0 aliphatic carbocycles. The summed E-state index contributed by atoms with van der Waals surface area (Å²) >= 11 is 0. The molecule has 0 aliphatic rings. The van der Waals surface area contributed by atoms with E-state index in [-0.39, 0.29) is 6.04 Å². The Labute approximate surface area is 125 Å². The zero-order chi connectivity index (χ0) is 14.8. The number of benzene rings is 2. The minimum atomic E-state index is 0.0562. The summed E-state index contributed by atoms with van der Waals surface area (Å²) in [7, 11) is 1.96. The maximum atomic E-state index is 4.76. The first-order chi connectivity index (χ1) is 10.2. The topological polar surface area (TPSA) is 37.8 Å². The van der Waals surface area contributed by atoms with E-state index in [1.165, 1.54) is 16.7 Å². The van der Waals surface area contributed by atoms with E-state index in [1.807, 2.05) is 37.5 Å². The van der Waals surface area contributed by atoms with Gasteiger partial charge in [0.15, 0.2) is 0 Å². The molecule has 0 fully saturated rings. The van der Waals surface area contributed by atoms with E-state index in [4.69, 9.17) is 4.98 Å². The maximum absolute atomic E-state index is 4.76. The molecule has 1 N–H and O–H groups in total. The minimum absolute atomic E-state index is 0.0562. The number of hydrogen-bond acceptors (Lipinski definition) is 3. The third kappa shape index (κ3) is 2.78. The fraction of sp³-hybridized carbons (Fsp3) is 0.222. The van der Waals surface area contributed by atoms with Crippen LogP contribution in [0.1, 0.15) is 28.4 Å². The fourth-order valence-electron chi connectivity index (χ4n) is 2.77. The molecule has 1 aromatic heterocycles. The van der Waals surface area contributed by atoms with Crippen LogP contribution in [0.2, 0.25) is 0 Å². The Kier molecular flexibility index (Phi) is 3.67. The first-order valence-corrected chi connectivity index (χ1v) is 7.14. The lowest BCUT2D eigenvalue weighted by Gasteiger charge is -2.17. The molecule has 3 rings (SSSR count). The van der Waals surface area contributed by atoms with Gasteiger partial charge in [-0.3, -0.25) is 4.98 Å². The van der Waals surface area contributed by atoms with E-state index in [2.05, 4.69) is 42.3 Å². The third-order valence-electron chi connectivity index (χ3n) is 3.63. The highest BCUT2D eigenvalue weighted by Crippen LogP contribution is 2.23. The van der Waals surface area contributed by atoms with Gasteiger partial charge in [0, 0.05) is 0 Å². The van der Waals surface area contributed by atoms with E-state index in [0.717, 1.165) is 16.7 Å². The third-order valence-corrected chi connectivity index (χ3v) is 3.63. The number of nitrogens with zero attached hydrogens (tertiary/aromatic N) is 2. The molecule has 21 heavy (non-hydrogen) atoms. The normalized spacial score (nSPS) is 12.5. The number of aryl methyl sites for hydroxylation is 2. The molecule has 3 heteroatoms. The average molecular weight is 277 g/mol. The van der Waals surface area contributed by atoms with Crippen molar-refractivity contribution in [1.82, 2.24) is 15.3 Å². The number of nitrogens with one attached hydrogen (secondary N) is 1. The van der Waals surface area contributed by atoms with Gasteiger partial charge in [0.1, 0.15) is 0 Å². The van der Waals surface area contributed by atoms with Crippen LogP contribution < -0.4 is 5.32 Å². The summed E-state index contributed by atoms with van der Waals surface area (Å²) in [4.78, 5) is 9.27. The quantitative estimate of drug-likeness (QED) is 0.795. The van der Waals surface area contributed by atoms with Crippen LogP contribution in [0.3, 0.4) is 0 Å². The lowest BCUT2D eigenvalue weighted by molar-refractivity contribution is 0.669. The standard InChI is InChI=1S/C18H19N3/c1-12-8-13(2)10-14(9-12)18(19-3)17-11-20-15-6-4-5-7-16(15)21-17/h4-11,18-19H,1-3H3. The lowest BCUT2D eigenvalue weighted by Crippen LogP contribution is -2.19. The molecular weight excluding hydrogens is 258 g/mol. The molecule has 0 saturated heterocycles. The SMILES string of the molecule is CNC(c1cc(C)cc(C)c1)c1cnc2ccccc2n1. The van der Waals surface area contributed by atoms with Crippen molar-refractivity contribution in [1.29, 1.82) is 0 Å². The molecule has 3 aromatic rings. The molecule has 1 unspecified atom stereocenters. The first kappa shape index (κ1) is 13.7. The number of aromatic nitrogens is 2. The predicted molar refractivity (Wildman–Crippen MR) is 86.4 cm³/mol. The van der Waals surface area contributed by atoms with E-state index in [9.17, 15) is 0 Å². The number of para-hydroxylation sites is 2. The van der Waals surface area contributed by atoms with E-state index in [1.54, 1.807) is 0 Å². The van der Waals surface area contributed by atoms with Gasteiger partial charge in [0.05, 0.1) is 29.0 Å². The van der Waals surface area contributed by atoms with Crippen molar-refractivity contribution in [2.45, 2.75) is 19.9 Å². The van der Waals surface area contributed by atoms with Crippen molar-refractivity contribution in [3.63, 3.8) is 0 Å². The van der Waals surface area contributed by atoms with Crippen molar-refractivity contribution in [2.75, 3.05) is 7.05 Å². The second-order valence-corrected chi connectivity index (χ2v) is 5.43. The van der Waals surface area contributed by atoms with Gasteiger partial charge in [0.25, 0.3) is 0 Å². The molecule has 0 saturated carbocycles. The summed E-state index contributed by atoms with van der Waals surface area (Å²) in [5.74, 6) is 0. The van der Waals surface area contributed by atoms with Crippen LogP contribution in [0.15, 0.2) is 48.7 Å². The molecule has 106 valence electrons. The van der Waals surface area contributed by atoms with Crippen LogP contribution in [0, 0.1) is 13.8 Å². The summed E-state index contributed by atoms with van der Waals surface area (Å²) in [6, 6.07) is 14.6. The first-order valence-electron chi connectivity index (χ1n) is 7.14. The molecule has 3 nitrogen and oxygen atoms in total. The van der Waals surface area contributed by atoms with E-state index < -0.39 is 0 Å². The van der Waals surface area contributed by atoms with Gasteiger partial charge in [-0.2, -0.15) is 0 Å². The van der Waals surface area contributed by atoms with Gasteiger partial charge < -0.3 is 5.32 Å². The summed E-state index contributed by atoms with van der Waals surface area (Å²) in [6.07, 6.45) is 1.86. The zero-order valence-corrected chi connectivity index (χ0v) is 12.6. The predicted octanol–water partition coefficient (Wildman–Crippen LogP) is 3.56. The molecule has 0 spiro atoms. The number of hydrogen-bond donors (Lipinski definition) is 1. The Morgan fingerprint density at radius 3 is 2.29 bits per heavy atom. The summed E-state index contributed by atoms with van der Waals surface area (Å²) in [5, 5.41) is 3.35. The monoisotopic (exact) mass is 277 g/mol. The molecule has 0 aliphatic heterocycles. The van der Waals surface area contributed by atoms with Crippen molar-refractivity contribution >= 4 is 11.0 Å². The van der Waals surface area contributed by atoms with Crippen molar-refractivity contribution in [2.24, 2.45) is 0 Å². The van der Waals surface area contributed by atoms with E-state index in [0.29, 0.717) is 0 Å². The van der Waals surface area contributed by atoms with Gasteiger partial charge in [-0.1, -0.05) is 41.5 Å². The highest BCUT2D eigenvalue weighted by molar-refractivity contribution is 5.73. The van der Waals surface area contributed by atoms with Crippen molar-refractivity contribution < 1.29 is 0 Å². The van der Waals surface area contributed by atoms with Gasteiger partial charge in [-0.15, -0.1) is 0 Å². The molecular formula is C18H19N3. The van der Waals surface area contributed by atoms with Crippen LogP contribution in [0.25, 0.3) is 11.0 Å². The molecule has 1 heterocycles. The van der Waals surface area contributed by atoms with Gasteiger partial charge >= 0.3 is 0 Å². The van der Waals surface area contributed by atoms with Crippen molar-refractivity contribution in [3.05, 3.63) is 71.0 Å². The minimum Gasteiger partial charge on any atom is -0.308 e. The summed E-state index contributed by atoms with van der Waals surface area (Å²) in [6.45, 7) is 4.24. The molecule has 0 radical (unpaired) electrons. The molecule has 0 bridgehead atoms. The van der Waals surface area contributed by atoms with Crippen LogP contribution in [-0.4, -0.2) is 17.0 Å². The van der Waals surface area contributed by atoms with E-state index >= 15 is 0 Å². The molecule has 0 amide bonds. The summed E-state index contributed by atoms with van der Waals surface area (Å²) in [5.41, 5.74) is 6.55. The zero-order valence-electron chi connectivity index (χ0n) is 12.6. The Bertz CT molecular complexity index is 760. The number of rotatable bonds is 3. The van der Waals surface area contributed by atoms with Gasteiger partial charge in [0.2, 0.25) is 0 Å². The molecule has 1 atom stereocenters. The smallest absolute Gasteiger partial charge is 0.0890 e. The van der Waals surface area contributed by atoms with Crippen LogP contribution >= 0.6 is 0 Å². The fourth-order valence-corrected chi connectivity index (χ4v) is 2.77.